The Morgan fingerprint density at radius 2 is 1.79 bits per heavy atom. The van der Waals surface area contributed by atoms with Gasteiger partial charge >= 0.3 is 0 Å². The molecule has 1 nitrogen and oxygen atoms in total. The van der Waals surface area contributed by atoms with E-state index in [1.165, 1.54) is 16.0 Å². The molecule has 0 heterocycles. The Bertz CT molecular complexity index is 523. The third-order valence-corrected chi connectivity index (χ3v) is 4.26. The van der Waals surface area contributed by atoms with Gasteiger partial charge in [0.05, 0.1) is 0 Å². The zero-order chi connectivity index (χ0) is 13.7. The lowest BCUT2D eigenvalue weighted by atomic mass is 10.1. The standard InChI is InChI=1S/C16H18ClNS/c1-12(18)10-14-4-2-3-5-16(14)19-11-13-6-8-15(17)9-7-13/h2-9,12H,10-11,18H2,1H3. The molecular weight excluding hydrogens is 274 g/mol. The molecule has 2 aromatic rings. The molecular formula is C16H18ClNS. The monoisotopic (exact) mass is 291 g/mol. The van der Waals surface area contributed by atoms with Crippen molar-refractivity contribution in [2.75, 3.05) is 0 Å². The fourth-order valence-corrected chi connectivity index (χ4v) is 3.05. The summed E-state index contributed by atoms with van der Waals surface area (Å²) in [6.07, 6.45) is 0.920. The van der Waals surface area contributed by atoms with Gasteiger partial charge in [0.2, 0.25) is 0 Å². The van der Waals surface area contributed by atoms with Gasteiger partial charge in [-0.1, -0.05) is 41.9 Å². The van der Waals surface area contributed by atoms with Crippen LogP contribution in [0.4, 0.5) is 0 Å². The summed E-state index contributed by atoms with van der Waals surface area (Å²) >= 11 is 7.74. The summed E-state index contributed by atoms with van der Waals surface area (Å²) in [7, 11) is 0. The van der Waals surface area contributed by atoms with Crippen molar-refractivity contribution < 1.29 is 0 Å². The Morgan fingerprint density at radius 1 is 1.11 bits per heavy atom. The van der Waals surface area contributed by atoms with Crippen LogP contribution in [0.1, 0.15) is 18.1 Å². The molecule has 2 aromatic carbocycles. The maximum absolute atomic E-state index is 5.89. The van der Waals surface area contributed by atoms with Gasteiger partial charge in [-0.3, -0.25) is 0 Å². The van der Waals surface area contributed by atoms with Crippen LogP contribution in [0.15, 0.2) is 53.4 Å². The smallest absolute Gasteiger partial charge is 0.0406 e. The van der Waals surface area contributed by atoms with E-state index in [0.717, 1.165) is 17.2 Å². The zero-order valence-corrected chi connectivity index (χ0v) is 12.5. The molecule has 0 aliphatic carbocycles. The predicted octanol–water partition coefficient (Wildman–Crippen LogP) is 4.52. The van der Waals surface area contributed by atoms with E-state index < -0.39 is 0 Å². The van der Waals surface area contributed by atoms with Crippen molar-refractivity contribution in [1.82, 2.24) is 0 Å². The number of benzene rings is 2. The predicted molar refractivity (Wildman–Crippen MR) is 84.8 cm³/mol. The average Bonchev–Trinajstić information content (AvgIpc) is 2.39. The molecule has 19 heavy (non-hydrogen) atoms. The second-order valence-electron chi connectivity index (χ2n) is 4.70. The van der Waals surface area contributed by atoms with Crippen LogP contribution in [0, 0.1) is 0 Å². The lowest BCUT2D eigenvalue weighted by molar-refractivity contribution is 0.729. The normalized spacial score (nSPS) is 12.4. The highest BCUT2D eigenvalue weighted by atomic mass is 35.5. The molecule has 0 bridgehead atoms. The fourth-order valence-electron chi connectivity index (χ4n) is 1.90. The molecule has 2 N–H and O–H groups in total. The van der Waals surface area contributed by atoms with Crippen molar-refractivity contribution in [1.29, 1.82) is 0 Å². The fraction of sp³-hybridized carbons (Fsp3) is 0.250. The lowest BCUT2D eigenvalue weighted by Crippen LogP contribution is -2.18. The van der Waals surface area contributed by atoms with Crippen LogP contribution in [0.3, 0.4) is 0 Å². The third-order valence-electron chi connectivity index (χ3n) is 2.82. The van der Waals surface area contributed by atoms with Gasteiger partial charge in [0.1, 0.15) is 0 Å². The summed E-state index contributed by atoms with van der Waals surface area (Å²) in [6.45, 7) is 2.04. The van der Waals surface area contributed by atoms with E-state index in [1.807, 2.05) is 30.8 Å². The van der Waals surface area contributed by atoms with Gasteiger partial charge in [-0.05, 0) is 42.7 Å². The van der Waals surface area contributed by atoms with Gasteiger partial charge in [0.15, 0.2) is 0 Å². The third kappa shape index (κ3) is 4.57. The van der Waals surface area contributed by atoms with Gasteiger partial charge in [0.25, 0.3) is 0 Å². The molecule has 0 radical (unpaired) electrons. The second kappa shape index (κ2) is 6.99. The molecule has 0 aromatic heterocycles. The van der Waals surface area contributed by atoms with Gasteiger partial charge in [-0.15, -0.1) is 11.8 Å². The summed E-state index contributed by atoms with van der Waals surface area (Å²) in [5.74, 6) is 0.952. The minimum atomic E-state index is 0.192. The maximum Gasteiger partial charge on any atom is 0.0406 e. The quantitative estimate of drug-likeness (QED) is 0.820. The van der Waals surface area contributed by atoms with Gasteiger partial charge in [-0.2, -0.15) is 0 Å². The SMILES string of the molecule is CC(N)Cc1ccccc1SCc1ccc(Cl)cc1. The van der Waals surface area contributed by atoms with Crippen molar-refractivity contribution in [2.24, 2.45) is 5.73 Å². The van der Waals surface area contributed by atoms with Crippen LogP contribution < -0.4 is 5.73 Å². The Morgan fingerprint density at radius 3 is 2.47 bits per heavy atom. The van der Waals surface area contributed by atoms with E-state index in [-0.39, 0.29) is 6.04 Å². The van der Waals surface area contributed by atoms with Crippen LogP contribution in [-0.4, -0.2) is 6.04 Å². The molecule has 0 aliphatic rings. The molecule has 1 unspecified atom stereocenters. The van der Waals surface area contributed by atoms with Crippen molar-refractivity contribution in [3.8, 4) is 0 Å². The number of hydrogen-bond donors (Lipinski definition) is 1. The van der Waals surface area contributed by atoms with E-state index in [2.05, 4.69) is 36.4 Å². The van der Waals surface area contributed by atoms with Gasteiger partial charge in [-0.25, -0.2) is 0 Å². The summed E-state index contributed by atoms with van der Waals surface area (Å²) in [4.78, 5) is 1.31. The Labute approximate surface area is 124 Å². The number of rotatable bonds is 5. The first kappa shape index (κ1) is 14.4. The van der Waals surface area contributed by atoms with E-state index in [1.54, 1.807) is 0 Å². The minimum Gasteiger partial charge on any atom is -0.328 e. The van der Waals surface area contributed by atoms with E-state index in [4.69, 9.17) is 17.3 Å². The molecule has 100 valence electrons. The highest BCUT2D eigenvalue weighted by Crippen LogP contribution is 2.27. The van der Waals surface area contributed by atoms with Crippen LogP contribution in [0.2, 0.25) is 5.02 Å². The molecule has 1 atom stereocenters. The first-order valence-corrected chi connectivity index (χ1v) is 7.72. The van der Waals surface area contributed by atoms with E-state index in [0.29, 0.717) is 0 Å². The minimum absolute atomic E-state index is 0.192. The Balaban J connectivity index is 2.04. The van der Waals surface area contributed by atoms with Crippen molar-refractivity contribution in [3.63, 3.8) is 0 Å². The molecule has 2 rings (SSSR count). The molecule has 0 saturated heterocycles. The molecule has 3 heteroatoms. The summed E-state index contributed by atoms with van der Waals surface area (Å²) in [5, 5.41) is 0.783. The van der Waals surface area contributed by atoms with E-state index >= 15 is 0 Å². The second-order valence-corrected chi connectivity index (χ2v) is 6.16. The first-order valence-electron chi connectivity index (χ1n) is 6.36. The largest absolute Gasteiger partial charge is 0.328 e. The molecule has 0 fully saturated rings. The Hall–Kier alpha value is -0.960. The van der Waals surface area contributed by atoms with Crippen LogP contribution in [0.25, 0.3) is 0 Å². The topological polar surface area (TPSA) is 26.0 Å². The highest BCUT2D eigenvalue weighted by molar-refractivity contribution is 7.98. The molecule has 0 amide bonds. The maximum atomic E-state index is 5.89. The summed E-state index contributed by atoms with van der Waals surface area (Å²) in [5.41, 5.74) is 8.51. The molecule has 0 spiro atoms. The summed E-state index contributed by atoms with van der Waals surface area (Å²) in [6, 6.07) is 16.7. The number of nitrogens with two attached hydrogens (primary N) is 1. The van der Waals surface area contributed by atoms with Gasteiger partial charge < -0.3 is 5.73 Å². The lowest BCUT2D eigenvalue weighted by Gasteiger charge is -2.11. The Kier molecular flexibility index (Phi) is 5.32. The van der Waals surface area contributed by atoms with Crippen molar-refractivity contribution in [3.05, 3.63) is 64.7 Å². The van der Waals surface area contributed by atoms with Crippen LogP contribution in [0.5, 0.6) is 0 Å². The van der Waals surface area contributed by atoms with Crippen molar-refractivity contribution >= 4 is 23.4 Å². The molecule has 0 aliphatic heterocycles. The highest BCUT2D eigenvalue weighted by Gasteiger charge is 2.05. The van der Waals surface area contributed by atoms with Gasteiger partial charge in [0, 0.05) is 21.7 Å². The molecule has 0 saturated carbocycles. The number of halogens is 1. The summed E-state index contributed by atoms with van der Waals surface area (Å²) < 4.78 is 0. The first-order chi connectivity index (χ1) is 9.15. The van der Waals surface area contributed by atoms with Crippen LogP contribution in [-0.2, 0) is 12.2 Å². The van der Waals surface area contributed by atoms with Crippen molar-refractivity contribution in [2.45, 2.75) is 30.0 Å². The van der Waals surface area contributed by atoms with E-state index in [9.17, 15) is 0 Å². The average molecular weight is 292 g/mol. The van der Waals surface area contributed by atoms with Crippen LogP contribution >= 0.6 is 23.4 Å². The zero-order valence-electron chi connectivity index (χ0n) is 11.0. The number of hydrogen-bond acceptors (Lipinski definition) is 2. The number of thioether (sulfide) groups is 1.